The Hall–Kier alpha value is -4.41. The summed E-state index contributed by atoms with van der Waals surface area (Å²) in [5.41, 5.74) is 2.96. The molecule has 0 saturated heterocycles. The predicted octanol–water partition coefficient (Wildman–Crippen LogP) is 3.63. The van der Waals surface area contributed by atoms with E-state index in [4.69, 9.17) is 14.2 Å². The van der Waals surface area contributed by atoms with Crippen LogP contribution in [0.1, 0.15) is 23.0 Å². The molecule has 0 amide bonds. The standard InChI is InChI=1S/C25H25FN6O4/c1-5-35-24(33)18-12-28-25(29-13-18)32(3)6-7-36-21-10-16(8-19-15(2)30-14-31-22(19)21)17-9-20(26)23(34-4)27-11-17/h8-14H,5-7H2,1-4H3. The third-order valence-corrected chi connectivity index (χ3v) is 5.41. The number of ether oxygens (including phenoxy) is 3. The summed E-state index contributed by atoms with van der Waals surface area (Å²) in [7, 11) is 3.18. The van der Waals surface area contributed by atoms with Gasteiger partial charge in [0.05, 0.1) is 25.8 Å². The molecule has 0 N–H and O–H groups in total. The van der Waals surface area contributed by atoms with Crippen molar-refractivity contribution in [2.75, 3.05) is 38.8 Å². The lowest BCUT2D eigenvalue weighted by Crippen LogP contribution is -2.25. The molecule has 1 aromatic carbocycles. The summed E-state index contributed by atoms with van der Waals surface area (Å²) >= 11 is 0. The molecule has 0 bridgehead atoms. The highest BCUT2D eigenvalue weighted by Crippen LogP contribution is 2.33. The fourth-order valence-corrected chi connectivity index (χ4v) is 3.50. The molecule has 0 fully saturated rings. The molecule has 0 atom stereocenters. The highest BCUT2D eigenvalue weighted by molar-refractivity contribution is 5.91. The van der Waals surface area contributed by atoms with E-state index in [1.165, 1.54) is 38.1 Å². The van der Waals surface area contributed by atoms with E-state index >= 15 is 0 Å². The number of anilines is 1. The number of methoxy groups -OCH3 is 1. The Morgan fingerprint density at radius 2 is 1.81 bits per heavy atom. The molecule has 10 nitrogen and oxygen atoms in total. The smallest absolute Gasteiger partial charge is 0.341 e. The van der Waals surface area contributed by atoms with Crippen molar-refractivity contribution in [3.63, 3.8) is 0 Å². The summed E-state index contributed by atoms with van der Waals surface area (Å²) in [6.07, 6.45) is 5.87. The Kier molecular flexibility index (Phi) is 7.47. The van der Waals surface area contributed by atoms with E-state index in [0.29, 0.717) is 34.9 Å². The first-order valence-corrected chi connectivity index (χ1v) is 11.2. The quantitative estimate of drug-likeness (QED) is 0.321. The molecular weight excluding hydrogens is 467 g/mol. The Morgan fingerprint density at radius 1 is 1.03 bits per heavy atom. The van der Waals surface area contributed by atoms with Gasteiger partial charge in [-0.2, -0.15) is 0 Å². The van der Waals surface area contributed by atoms with Gasteiger partial charge in [-0.05, 0) is 37.6 Å². The zero-order valence-electron chi connectivity index (χ0n) is 20.4. The molecule has 3 heterocycles. The first kappa shape index (κ1) is 24.7. The highest BCUT2D eigenvalue weighted by Gasteiger charge is 2.14. The molecule has 0 aliphatic heterocycles. The largest absolute Gasteiger partial charge is 0.489 e. The number of nitrogens with zero attached hydrogens (tertiary/aromatic N) is 6. The van der Waals surface area contributed by atoms with Crippen molar-refractivity contribution in [2.45, 2.75) is 13.8 Å². The van der Waals surface area contributed by atoms with E-state index in [0.717, 1.165) is 11.1 Å². The molecule has 3 aromatic heterocycles. The molecule has 11 heteroatoms. The van der Waals surface area contributed by atoms with Gasteiger partial charge in [0.25, 0.3) is 0 Å². The number of aryl methyl sites for hydroxylation is 1. The average molecular weight is 493 g/mol. The first-order chi connectivity index (χ1) is 17.4. The van der Waals surface area contributed by atoms with Gasteiger partial charge in [0.2, 0.25) is 11.8 Å². The van der Waals surface area contributed by atoms with E-state index in [1.807, 2.05) is 20.0 Å². The molecule has 0 radical (unpaired) electrons. The second-order valence-electron chi connectivity index (χ2n) is 7.81. The summed E-state index contributed by atoms with van der Waals surface area (Å²) in [5.74, 6) is -0.143. The van der Waals surface area contributed by atoms with Crippen LogP contribution in [0, 0.1) is 12.7 Å². The van der Waals surface area contributed by atoms with Gasteiger partial charge in [-0.15, -0.1) is 0 Å². The summed E-state index contributed by atoms with van der Waals surface area (Å²) in [6, 6.07) is 5.04. The molecular formula is C25H25FN6O4. The maximum Gasteiger partial charge on any atom is 0.341 e. The number of esters is 1. The number of hydrogen-bond donors (Lipinski definition) is 0. The zero-order valence-corrected chi connectivity index (χ0v) is 20.4. The minimum Gasteiger partial charge on any atom is -0.489 e. The number of hydrogen-bond acceptors (Lipinski definition) is 10. The maximum absolute atomic E-state index is 14.3. The van der Waals surface area contributed by atoms with Crippen LogP contribution in [0.3, 0.4) is 0 Å². The normalized spacial score (nSPS) is 10.8. The van der Waals surface area contributed by atoms with Crippen molar-refractivity contribution in [2.24, 2.45) is 0 Å². The summed E-state index contributed by atoms with van der Waals surface area (Å²) in [5, 5.41) is 0.785. The second kappa shape index (κ2) is 10.9. The van der Waals surface area contributed by atoms with Crippen molar-refractivity contribution in [3.8, 4) is 22.8 Å². The SMILES string of the molecule is CCOC(=O)c1cnc(N(C)CCOc2cc(-c3cnc(OC)c(F)c3)cc3c(C)ncnc23)nc1. The van der Waals surface area contributed by atoms with Crippen LogP contribution < -0.4 is 14.4 Å². The third kappa shape index (κ3) is 5.29. The van der Waals surface area contributed by atoms with Crippen LogP contribution in [0.2, 0.25) is 0 Å². The Bertz CT molecular complexity index is 1380. The number of fused-ring (bicyclic) bond motifs is 1. The summed E-state index contributed by atoms with van der Waals surface area (Å²) in [6.45, 7) is 4.63. The predicted molar refractivity (Wildman–Crippen MR) is 131 cm³/mol. The number of rotatable bonds is 9. The van der Waals surface area contributed by atoms with Gasteiger partial charge < -0.3 is 19.1 Å². The fraction of sp³-hybridized carbons (Fsp3) is 0.280. The van der Waals surface area contributed by atoms with Gasteiger partial charge >= 0.3 is 5.97 Å². The lowest BCUT2D eigenvalue weighted by molar-refractivity contribution is 0.0525. The fourth-order valence-electron chi connectivity index (χ4n) is 3.50. The Balaban J connectivity index is 1.53. The molecule has 4 rings (SSSR count). The summed E-state index contributed by atoms with van der Waals surface area (Å²) in [4.78, 5) is 34.7. The molecule has 0 unspecified atom stereocenters. The zero-order chi connectivity index (χ0) is 25.7. The third-order valence-electron chi connectivity index (χ3n) is 5.41. The topological polar surface area (TPSA) is 112 Å². The van der Waals surface area contributed by atoms with Crippen LogP contribution in [0.5, 0.6) is 11.6 Å². The summed E-state index contributed by atoms with van der Waals surface area (Å²) < 4.78 is 30.3. The van der Waals surface area contributed by atoms with Crippen molar-refractivity contribution in [1.29, 1.82) is 0 Å². The Morgan fingerprint density at radius 3 is 2.50 bits per heavy atom. The van der Waals surface area contributed by atoms with Crippen LogP contribution in [0.4, 0.5) is 10.3 Å². The highest BCUT2D eigenvalue weighted by atomic mass is 19.1. The minimum absolute atomic E-state index is 0.0731. The van der Waals surface area contributed by atoms with Gasteiger partial charge in [-0.25, -0.2) is 34.1 Å². The number of carbonyl (C=O) groups is 1. The number of benzene rings is 1. The van der Waals surface area contributed by atoms with Crippen molar-refractivity contribution in [3.05, 3.63) is 60.2 Å². The number of likely N-dealkylation sites (N-methyl/N-ethyl adjacent to an activating group) is 1. The van der Waals surface area contributed by atoms with E-state index < -0.39 is 11.8 Å². The maximum atomic E-state index is 14.3. The monoisotopic (exact) mass is 492 g/mol. The Labute approximate surface area is 207 Å². The van der Waals surface area contributed by atoms with Crippen LogP contribution in [-0.4, -0.2) is 64.8 Å². The van der Waals surface area contributed by atoms with E-state index in [2.05, 4.69) is 24.9 Å². The number of pyridine rings is 1. The van der Waals surface area contributed by atoms with Gasteiger partial charge in [0, 0.05) is 42.3 Å². The van der Waals surface area contributed by atoms with Gasteiger partial charge in [0.1, 0.15) is 24.2 Å². The minimum atomic E-state index is -0.561. The molecule has 0 aliphatic rings. The second-order valence-corrected chi connectivity index (χ2v) is 7.81. The molecule has 186 valence electrons. The van der Waals surface area contributed by atoms with E-state index in [9.17, 15) is 9.18 Å². The van der Waals surface area contributed by atoms with Crippen molar-refractivity contribution >= 4 is 22.8 Å². The number of carbonyl (C=O) groups excluding carboxylic acids is 1. The molecule has 36 heavy (non-hydrogen) atoms. The van der Waals surface area contributed by atoms with E-state index in [-0.39, 0.29) is 24.7 Å². The number of halogens is 1. The first-order valence-electron chi connectivity index (χ1n) is 11.2. The molecule has 4 aromatic rings. The van der Waals surface area contributed by atoms with Gasteiger partial charge in [-0.3, -0.25) is 0 Å². The lowest BCUT2D eigenvalue weighted by Gasteiger charge is -2.18. The molecule has 0 spiro atoms. The van der Waals surface area contributed by atoms with Crippen LogP contribution in [-0.2, 0) is 4.74 Å². The molecule has 0 aliphatic carbocycles. The van der Waals surface area contributed by atoms with Crippen LogP contribution in [0.15, 0.2) is 43.1 Å². The van der Waals surface area contributed by atoms with Crippen molar-refractivity contribution in [1.82, 2.24) is 24.9 Å². The van der Waals surface area contributed by atoms with Crippen molar-refractivity contribution < 1.29 is 23.4 Å². The molecule has 0 saturated carbocycles. The van der Waals surface area contributed by atoms with Crippen LogP contribution in [0.25, 0.3) is 22.0 Å². The van der Waals surface area contributed by atoms with Gasteiger partial charge in [-0.1, -0.05) is 0 Å². The van der Waals surface area contributed by atoms with E-state index in [1.54, 1.807) is 17.9 Å². The van der Waals surface area contributed by atoms with Crippen LogP contribution >= 0.6 is 0 Å². The number of aromatic nitrogens is 5. The average Bonchev–Trinajstić information content (AvgIpc) is 2.89. The van der Waals surface area contributed by atoms with Gasteiger partial charge in [0.15, 0.2) is 5.82 Å². The lowest BCUT2D eigenvalue weighted by atomic mass is 10.0.